The Labute approximate surface area is 208 Å². The lowest BCUT2D eigenvalue weighted by atomic mass is 9.43. The number of carboxylic acids is 1. The third-order valence-electron chi connectivity index (χ3n) is 12.2. The van der Waals surface area contributed by atoms with Crippen LogP contribution >= 0.6 is 0 Å². The number of carbonyl (C=O) groups is 1. The van der Waals surface area contributed by atoms with Crippen molar-refractivity contribution in [2.75, 3.05) is 0 Å². The molecule has 4 aliphatic rings. The average Bonchev–Trinajstić information content (AvgIpc) is 3.02. The van der Waals surface area contributed by atoms with Crippen LogP contribution in [0.5, 0.6) is 0 Å². The number of aliphatic carboxylic acids is 1. The minimum Gasteiger partial charge on any atom is -0.481 e. The molecule has 0 saturated heterocycles. The highest BCUT2D eigenvalue weighted by molar-refractivity contribution is 5.70. The largest absolute Gasteiger partial charge is 0.481 e. The van der Waals surface area contributed by atoms with Gasteiger partial charge in [0.1, 0.15) is 0 Å². The molecule has 7 atom stereocenters. The van der Waals surface area contributed by atoms with Crippen LogP contribution in [0, 0.1) is 45.3 Å². The molecule has 2 saturated carbocycles. The summed E-state index contributed by atoms with van der Waals surface area (Å²) in [6.07, 6.45) is 9.98. The van der Waals surface area contributed by atoms with E-state index in [1.165, 1.54) is 5.57 Å². The first-order valence-electron chi connectivity index (χ1n) is 14.0. The number of hydrogen-bond donors (Lipinski definition) is 2. The van der Waals surface area contributed by atoms with Crippen LogP contribution in [0.3, 0.4) is 0 Å². The molecule has 3 heteroatoms. The van der Waals surface area contributed by atoms with Crippen molar-refractivity contribution in [3.63, 3.8) is 0 Å². The number of fused-ring (bicyclic) bond motifs is 4. The lowest BCUT2D eigenvalue weighted by Crippen LogP contribution is -2.55. The molecular formula is C31H50O3. The van der Waals surface area contributed by atoms with E-state index in [0.29, 0.717) is 11.8 Å². The highest BCUT2D eigenvalue weighted by Gasteiger charge is 2.64. The minimum atomic E-state index is -0.606. The molecule has 0 aromatic carbocycles. The van der Waals surface area contributed by atoms with Crippen molar-refractivity contribution in [3.8, 4) is 0 Å². The summed E-state index contributed by atoms with van der Waals surface area (Å²) >= 11 is 0. The van der Waals surface area contributed by atoms with Gasteiger partial charge in [0, 0.05) is 0 Å². The van der Waals surface area contributed by atoms with E-state index in [0.717, 1.165) is 64.2 Å². The predicted molar refractivity (Wildman–Crippen MR) is 139 cm³/mol. The molecule has 2 N–H and O–H groups in total. The van der Waals surface area contributed by atoms with Crippen LogP contribution in [-0.2, 0) is 4.79 Å². The van der Waals surface area contributed by atoms with Crippen LogP contribution in [0.25, 0.3) is 0 Å². The van der Waals surface area contributed by atoms with E-state index in [1.807, 2.05) is 0 Å². The summed E-state index contributed by atoms with van der Waals surface area (Å²) in [5, 5.41) is 21.1. The summed E-state index contributed by atoms with van der Waals surface area (Å²) in [5.74, 6) is 0.293. The smallest absolute Gasteiger partial charge is 0.306 e. The Morgan fingerprint density at radius 3 is 2.29 bits per heavy atom. The Kier molecular flexibility index (Phi) is 6.49. The molecule has 0 spiro atoms. The van der Waals surface area contributed by atoms with E-state index in [4.69, 9.17) is 0 Å². The van der Waals surface area contributed by atoms with Crippen molar-refractivity contribution in [3.05, 3.63) is 23.3 Å². The van der Waals surface area contributed by atoms with Crippen LogP contribution in [0.2, 0.25) is 0 Å². The van der Waals surface area contributed by atoms with Crippen LogP contribution in [0.1, 0.15) is 113 Å². The van der Waals surface area contributed by atoms with Gasteiger partial charge in [-0.3, -0.25) is 4.79 Å². The number of allylic oxidation sites excluding steroid dienone is 3. The first-order valence-corrected chi connectivity index (χ1v) is 14.0. The Hall–Kier alpha value is -1.09. The van der Waals surface area contributed by atoms with Crippen molar-refractivity contribution in [2.24, 2.45) is 45.3 Å². The van der Waals surface area contributed by atoms with Crippen molar-refractivity contribution in [1.29, 1.82) is 0 Å². The van der Waals surface area contributed by atoms with Crippen molar-refractivity contribution < 1.29 is 15.0 Å². The second-order valence-electron chi connectivity index (χ2n) is 14.0. The Morgan fingerprint density at radius 2 is 1.68 bits per heavy atom. The van der Waals surface area contributed by atoms with Gasteiger partial charge in [-0.05, 0) is 104 Å². The van der Waals surface area contributed by atoms with Crippen LogP contribution < -0.4 is 0 Å². The number of carboxylic acid groups (broad SMARTS) is 1. The first-order chi connectivity index (χ1) is 15.7. The second kappa shape index (κ2) is 8.49. The van der Waals surface area contributed by atoms with E-state index in [-0.39, 0.29) is 39.6 Å². The fourth-order valence-electron chi connectivity index (χ4n) is 9.49. The third kappa shape index (κ3) is 3.58. The molecule has 2 fully saturated rings. The summed E-state index contributed by atoms with van der Waals surface area (Å²) in [7, 11) is 0. The molecule has 0 aliphatic heterocycles. The monoisotopic (exact) mass is 470 g/mol. The van der Waals surface area contributed by atoms with E-state index in [1.54, 1.807) is 11.1 Å². The topological polar surface area (TPSA) is 57.5 Å². The fourth-order valence-corrected chi connectivity index (χ4v) is 9.49. The Morgan fingerprint density at radius 1 is 1.00 bits per heavy atom. The van der Waals surface area contributed by atoms with Gasteiger partial charge in [-0.2, -0.15) is 0 Å². The fraction of sp³-hybridized carbons (Fsp3) is 0.839. The van der Waals surface area contributed by atoms with Crippen molar-refractivity contribution in [2.45, 2.75) is 119 Å². The SMILES string of the molecule is C=C(CC[C@@H](C(=O)O)[C@H]1CC[C@@]2(C)C3=C(CC[C@]12C)[C@@]1(C)CCC(O)C(C)(C)[C@@H]1CC3)C(C)C. The highest BCUT2D eigenvalue weighted by Crippen LogP contribution is 2.72. The summed E-state index contributed by atoms with van der Waals surface area (Å²) in [6, 6.07) is 0. The molecule has 0 radical (unpaired) electrons. The number of aliphatic hydroxyl groups is 1. The van der Waals surface area contributed by atoms with Gasteiger partial charge >= 0.3 is 5.97 Å². The van der Waals surface area contributed by atoms with Gasteiger partial charge in [-0.15, -0.1) is 0 Å². The van der Waals surface area contributed by atoms with E-state index < -0.39 is 5.97 Å². The van der Waals surface area contributed by atoms with Gasteiger partial charge in [0.05, 0.1) is 12.0 Å². The first kappa shape index (κ1) is 26.0. The zero-order chi connectivity index (χ0) is 25.3. The standard InChI is InChI=1S/C31H50O3/c1-19(2)20(3)9-10-21(27(33)34)22-13-17-31(8)24-11-12-25-28(4,5)26(32)15-16-29(25,6)23(24)14-18-30(22,31)7/h19,21-22,25-26,32H,3,9-18H2,1-2,4-8H3,(H,33,34)/t21-,22-,25+,26?,29-,30-,31+/m1/s1. The maximum absolute atomic E-state index is 12.5. The molecule has 0 aromatic rings. The Bertz CT molecular complexity index is 881. The number of hydrogen-bond acceptors (Lipinski definition) is 2. The molecule has 4 rings (SSSR count). The van der Waals surface area contributed by atoms with E-state index >= 15 is 0 Å². The van der Waals surface area contributed by atoms with Gasteiger partial charge in [0.15, 0.2) is 0 Å². The quantitative estimate of drug-likeness (QED) is 0.389. The van der Waals surface area contributed by atoms with Gasteiger partial charge in [0.25, 0.3) is 0 Å². The van der Waals surface area contributed by atoms with E-state index in [2.05, 4.69) is 55.0 Å². The molecule has 1 unspecified atom stereocenters. The molecule has 0 amide bonds. The summed E-state index contributed by atoms with van der Waals surface area (Å²) in [4.78, 5) is 12.5. The molecule has 0 heterocycles. The zero-order valence-corrected chi connectivity index (χ0v) is 23.0. The number of rotatable bonds is 6. The van der Waals surface area contributed by atoms with Crippen LogP contribution in [0.15, 0.2) is 23.3 Å². The van der Waals surface area contributed by atoms with Gasteiger partial charge in [-0.1, -0.05) is 71.8 Å². The normalized spacial score (nSPS) is 42.1. The van der Waals surface area contributed by atoms with Gasteiger partial charge in [0.2, 0.25) is 0 Å². The van der Waals surface area contributed by atoms with Gasteiger partial charge < -0.3 is 10.2 Å². The summed E-state index contributed by atoms with van der Waals surface area (Å²) < 4.78 is 0. The highest BCUT2D eigenvalue weighted by atomic mass is 16.4. The van der Waals surface area contributed by atoms with Crippen molar-refractivity contribution in [1.82, 2.24) is 0 Å². The van der Waals surface area contributed by atoms with Crippen molar-refractivity contribution >= 4 is 5.97 Å². The molecule has 34 heavy (non-hydrogen) atoms. The number of aliphatic hydroxyl groups excluding tert-OH is 1. The molecule has 192 valence electrons. The molecule has 0 bridgehead atoms. The molecular weight excluding hydrogens is 420 g/mol. The maximum atomic E-state index is 12.5. The lowest BCUT2D eigenvalue weighted by molar-refractivity contribution is -0.146. The molecule has 4 aliphatic carbocycles. The van der Waals surface area contributed by atoms with Crippen LogP contribution in [0.4, 0.5) is 0 Å². The zero-order valence-electron chi connectivity index (χ0n) is 23.0. The van der Waals surface area contributed by atoms with Gasteiger partial charge in [-0.25, -0.2) is 0 Å². The summed E-state index contributed by atoms with van der Waals surface area (Å²) in [6.45, 7) is 20.5. The predicted octanol–water partition coefficient (Wildman–Crippen LogP) is 7.79. The van der Waals surface area contributed by atoms with E-state index in [9.17, 15) is 15.0 Å². The third-order valence-corrected chi connectivity index (χ3v) is 12.2. The maximum Gasteiger partial charge on any atom is 0.306 e. The van der Waals surface area contributed by atoms with Crippen LogP contribution in [-0.4, -0.2) is 22.3 Å². The summed E-state index contributed by atoms with van der Waals surface area (Å²) in [5.41, 5.74) is 4.84. The Balaban J connectivity index is 1.67. The molecule has 0 aromatic heterocycles. The average molecular weight is 471 g/mol. The second-order valence-corrected chi connectivity index (χ2v) is 14.0. The molecule has 3 nitrogen and oxygen atoms in total. The minimum absolute atomic E-state index is 0.0426. The lowest BCUT2D eigenvalue weighted by Gasteiger charge is -2.62.